The highest BCUT2D eigenvalue weighted by Gasteiger charge is 2.10. The molecule has 2 N–H and O–H groups in total. The number of aromatic nitrogens is 2. The van der Waals surface area contributed by atoms with Crippen molar-refractivity contribution in [2.45, 2.75) is 6.92 Å². The lowest BCUT2D eigenvalue weighted by Gasteiger charge is -2.00. The van der Waals surface area contributed by atoms with E-state index in [0.717, 1.165) is 5.69 Å². The maximum atomic E-state index is 11.3. The molecule has 0 saturated heterocycles. The number of nitrogens with two attached hydrogens (primary N) is 1. The van der Waals surface area contributed by atoms with E-state index in [4.69, 9.17) is 17.3 Å². The molecule has 0 atom stereocenters. The molecule has 0 fully saturated rings. The fourth-order valence-electron chi connectivity index (χ4n) is 1.72. The van der Waals surface area contributed by atoms with Crippen molar-refractivity contribution in [1.29, 1.82) is 0 Å². The van der Waals surface area contributed by atoms with Crippen molar-refractivity contribution >= 4 is 29.4 Å². The number of nitrogens with zero attached hydrogens (tertiary/aromatic N) is 3. The number of hydrogen-bond acceptors (Lipinski definition) is 3. The average Bonchev–Trinajstić information content (AvgIpc) is 2.61. The zero-order valence-electron chi connectivity index (χ0n) is 10.6. The number of carbonyl (C=O) groups is 1. The highest BCUT2D eigenvalue weighted by molar-refractivity contribution is 6.33. The molecule has 1 amide bonds. The first-order valence-corrected chi connectivity index (χ1v) is 6.00. The van der Waals surface area contributed by atoms with Gasteiger partial charge in [0.15, 0.2) is 0 Å². The van der Waals surface area contributed by atoms with Gasteiger partial charge in [0.1, 0.15) is 0 Å². The van der Waals surface area contributed by atoms with Gasteiger partial charge in [-0.2, -0.15) is 5.10 Å². The number of amides is 1. The Bertz CT molecular complexity index is 661. The minimum Gasteiger partial charge on any atom is -0.366 e. The number of halogens is 1. The summed E-state index contributed by atoms with van der Waals surface area (Å²) in [6.07, 6.45) is 1.57. The van der Waals surface area contributed by atoms with E-state index in [1.165, 1.54) is 0 Å². The van der Waals surface area contributed by atoms with Crippen molar-refractivity contribution in [3.63, 3.8) is 0 Å². The molecule has 1 heterocycles. The van der Waals surface area contributed by atoms with E-state index in [9.17, 15) is 4.79 Å². The van der Waals surface area contributed by atoms with Crippen molar-refractivity contribution in [2.24, 2.45) is 17.8 Å². The maximum absolute atomic E-state index is 11.3. The SMILES string of the molecule is Cc1nn(C)c(C=Nc2ccccc2C(N)=O)c1Cl. The molecule has 0 bridgehead atoms. The molecule has 0 aliphatic heterocycles. The Kier molecular flexibility index (Phi) is 3.66. The van der Waals surface area contributed by atoms with Gasteiger partial charge in [-0.15, -0.1) is 0 Å². The molecular formula is C13H13ClN4O. The van der Waals surface area contributed by atoms with Crippen LogP contribution in [0.2, 0.25) is 5.02 Å². The zero-order chi connectivity index (χ0) is 14.0. The van der Waals surface area contributed by atoms with E-state index in [1.807, 2.05) is 6.92 Å². The van der Waals surface area contributed by atoms with Crippen LogP contribution in [0, 0.1) is 6.92 Å². The largest absolute Gasteiger partial charge is 0.366 e. The van der Waals surface area contributed by atoms with Gasteiger partial charge >= 0.3 is 0 Å². The number of aliphatic imine (C=N–C) groups is 1. The third-order valence-corrected chi connectivity index (χ3v) is 3.15. The predicted molar refractivity (Wildman–Crippen MR) is 75.2 cm³/mol. The fraction of sp³-hybridized carbons (Fsp3) is 0.154. The van der Waals surface area contributed by atoms with E-state index in [-0.39, 0.29) is 0 Å². The van der Waals surface area contributed by atoms with Crippen molar-refractivity contribution < 1.29 is 4.79 Å². The second-order valence-corrected chi connectivity index (χ2v) is 4.43. The topological polar surface area (TPSA) is 73.3 Å². The van der Waals surface area contributed by atoms with Gasteiger partial charge in [-0.1, -0.05) is 23.7 Å². The molecule has 0 radical (unpaired) electrons. The molecule has 0 aliphatic carbocycles. The highest BCUT2D eigenvalue weighted by Crippen LogP contribution is 2.21. The van der Waals surface area contributed by atoms with Gasteiger partial charge in [-0.05, 0) is 19.1 Å². The lowest BCUT2D eigenvalue weighted by atomic mass is 10.2. The van der Waals surface area contributed by atoms with Crippen LogP contribution >= 0.6 is 11.6 Å². The maximum Gasteiger partial charge on any atom is 0.250 e. The minimum absolute atomic E-state index is 0.369. The molecule has 6 heteroatoms. The van der Waals surface area contributed by atoms with Crippen molar-refractivity contribution in [1.82, 2.24) is 9.78 Å². The molecule has 2 aromatic rings. The number of rotatable bonds is 3. The Morgan fingerprint density at radius 3 is 2.74 bits per heavy atom. The third-order valence-electron chi connectivity index (χ3n) is 2.69. The second kappa shape index (κ2) is 5.24. The Hall–Kier alpha value is -2.14. The van der Waals surface area contributed by atoms with Gasteiger partial charge in [-0.25, -0.2) is 0 Å². The molecule has 1 aromatic heterocycles. The van der Waals surface area contributed by atoms with E-state index in [0.29, 0.717) is 22.0 Å². The lowest BCUT2D eigenvalue weighted by Crippen LogP contribution is -2.10. The number of para-hydroxylation sites is 1. The summed E-state index contributed by atoms with van der Waals surface area (Å²) in [5.74, 6) is -0.514. The molecular weight excluding hydrogens is 264 g/mol. The Labute approximate surface area is 115 Å². The van der Waals surface area contributed by atoms with E-state index in [1.54, 1.807) is 42.2 Å². The quantitative estimate of drug-likeness (QED) is 0.873. The smallest absolute Gasteiger partial charge is 0.250 e. The summed E-state index contributed by atoms with van der Waals surface area (Å²) in [6, 6.07) is 6.87. The molecule has 0 saturated carbocycles. The van der Waals surface area contributed by atoms with Crippen LogP contribution in [0.1, 0.15) is 21.7 Å². The summed E-state index contributed by atoms with van der Waals surface area (Å²) in [5.41, 5.74) is 7.57. The van der Waals surface area contributed by atoms with Crippen molar-refractivity contribution in [3.8, 4) is 0 Å². The van der Waals surface area contributed by atoms with Crippen LogP contribution in [0.15, 0.2) is 29.3 Å². The number of benzene rings is 1. The molecule has 19 heavy (non-hydrogen) atoms. The molecule has 1 aromatic carbocycles. The van der Waals surface area contributed by atoms with E-state index < -0.39 is 5.91 Å². The normalized spacial score (nSPS) is 11.1. The van der Waals surface area contributed by atoms with Gasteiger partial charge in [0.2, 0.25) is 0 Å². The van der Waals surface area contributed by atoms with Gasteiger partial charge in [0.25, 0.3) is 5.91 Å². The summed E-state index contributed by atoms with van der Waals surface area (Å²) in [6.45, 7) is 1.82. The van der Waals surface area contributed by atoms with Gasteiger partial charge in [-0.3, -0.25) is 14.5 Å². The zero-order valence-corrected chi connectivity index (χ0v) is 11.3. The Morgan fingerprint density at radius 1 is 1.47 bits per heavy atom. The molecule has 2 rings (SSSR count). The van der Waals surface area contributed by atoms with Crippen LogP contribution in [0.3, 0.4) is 0 Å². The summed E-state index contributed by atoms with van der Waals surface area (Å²) < 4.78 is 1.63. The number of carbonyl (C=O) groups excluding carboxylic acids is 1. The number of aryl methyl sites for hydroxylation is 2. The molecule has 0 spiro atoms. The van der Waals surface area contributed by atoms with Gasteiger partial charge in [0.05, 0.1) is 33.9 Å². The van der Waals surface area contributed by atoms with E-state index >= 15 is 0 Å². The lowest BCUT2D eigenvalue weighted by molar-refractivity contribution is 0.100. The van der Waals surface area contributed by atoms with Crippen LogP contribution < -0.4 is 5.73 Å². The summed E-state index contributed by atoms with van der Waals surface area (Å²) in [5, 5.41) is 4.73. The van der Waals surface area contributed by atoms with Crippen LogP contribution in [-0.4, -0.2) is 21.9 Å². The van der Waals surface area contributed by atoms with Crippen molar-refractivity contribution in [2.75, 3.05) is 0 Å². The molecule has 98 valence electrons. The monoisotopic (exact) mass is 276 g/mol. The summed E-state index contributed by atoms with van der Waals surface area (Å²) in [7, 11) is 1.78. The molecule has 0 aliphatic rings. The molecule has 5 nitrogen and oxygen atoms in total. The van der Waals surface area contributed by atoms with Crippen molar-refractivity contribution in [3.05, 3.63) is 46.2 Å². The van der Waals surface area contributed by atoms with Gasteiger partial charge < -0.3 is 5.73 Å². The van der Waals surface area contributed by atoms with Crippen LogP contribution in [0.5, 0.6) is 0 Å². The van der Waals surface area contributed by atoms with Crippen LogP contribution in [0.25, 0.3) is 0 Å². The summed E-state index contributed by atoms with van der Waals surface area (Å²) >= 11 is 6.12. The fourth-order valence-corrected chi connectivity index (χ4v) is 1.92. The first-order chi connectivity index (χ1) is 9.00. The predicted octanol–water partition coefficient (Wildman–Crippen LogP) is 2.23. The summed E-state index contributed by atoms with van der Waals surface area (Å²) in [4.78, 5) is 15.5. The Morgan fingerprint density at radius 2 is 2.16 bits per heavy atom. The van der Waals surface area contributed by atoms with Gasteiger partial charge in [0, 0.05) is 7.05 Å². The number of primary amides is 1. The van der Waals surface area contributed by atoms with Crippen LogP contribution in [0.4, 0.5) is 5.69 Å². The third kappa shape index (κ3) is 2.66. The van der Waals surface area contributed by atoms with Crippen LogP contribution in [-0.2, 0) is 7.05 Å². The average molecular weight is 277 g/mol. The first-order valence-electron chi connectivity index (χ1n) is 5.62. The van der Waals surface area contributed by atoms with E-state index in [2.05, 4.69) is 10.1 Å². The first kappa shape index (κ1) is 13.3. The highest BCUT2D eigenvalue weighted by atomic mass is 35.5. The standard InChI is InChI=1S/C13H13ClN4O/c1-8-12(14)11(18(2)17-8)7-16-10-6-4-3-5-9(10)13(15)19/h3-7H,1-2H3,(H2,15,19). The Balaban J connectivity index is 2.41. The number of hydrogen-bond donors (Lipinski definition) is 1. The minimum atomic E-state index is -0.514. The second-order valence-electron chi connectivity index (χ2n) is 4.05. The molecule has 0 unspecified atom stereocenters.